The van der Waals surface area contributed by atoms with Crippen LogP contribution in [-0.4, -0.2) is 37.5 Å². The molecular formula is C27H31F2N5O4S. The van der Waals surface area contributed by atoms with E-state index in [0.29, 0.717) is 38.9 Å². The third-order valence-electron chi connectivity index (χ3n) is 5.81. The number of nitrogens with one attached hydrogen (secondary N) is 1. The Morgan fingerprint density at radius 2 is 1.95 bits per heavy atom. The Labute approximate surface area is 228 Å². The van der Waals surface area contributed by atoms with Gasteiger partial charge in [-0.25, -0.2) is 4.98 Å². The number of halogens is 2. The van der Waals surface area contributed by atoms with Crippen LogP contribution < -0.4 is 20.5 Å². The maximum atomic E-state index is 13.3. The number of aliphatic hydroxyl groups excluding tert-OH is 1. The van der Waals surface area contributed by atoms with Gasteiger partial charge in [-0.15, -0.1) is 11.3 Å². The summed E-state index contributed by atoms with van der Waals surface area (Å²) in [4.78, 5) is 21.3. The summed E-state index contributed by atoms with van der Waals surface area (Å²) < 4.78 is 39.3. The maximum Gasteiger partial charge on any atom is 0.387 e. The number of hydrogen-bond donors (Lipinski definition) is 3. The molecule has 0 spiro atoms. The van der Waals surface area contributed by atoms with E-state index in [4.69, 9.17) is 15.2 Å². The summed E-state index contributed by atoms with van der Waals surface area (Å²) in [5.74, 6) is -0.409. The topological polar surface area (TPSA) is 124 Å². The predicted molar refractivity (Wildman–Crippen MR) is 144 cm³/mol. The average molecular weight is 560 g/mol. The van der Waals surface area contributed by atoms with E-state index < -0.39 is 18.6 Å². The van der Waals surface area contributed by atoms with Crippen molar-refractivity contribution in [2.24, 2.45) is 5.73 Å². The minimum Gasteiger partial charge on any atom is -0.469 e. The highest BCUT2D eigenvalue weighted by molar-refractivity contribution is 7.15. The van der Waals surface area contributed by atoms with Gasteiger partial charge in [0.25, 0.3) is 0 Å². The molecular weight excluding hydrogens is 528 g/mol. The second-order valence-corrected chi connectivity index (χ2v) is 11.2. The van der Waals surface area contributed by atoms with Crippen LogP contribution >= 0.6 is 11.3 Å². The number of imidazole rings is 1. The van der Waals surface area contributed by atoms with Crippen molar-refractivity contribution in [2.75, 3.05) is 0 Å². The van der Waals surface area contributed by atoms with E-state index in [9.17, 15) is 18.7 Å². The number of hydrogen-bond acceptors (Lipinski definition) is 8. The van der Waals surface area contributed by atoms with E-state index in [1.54, 1.807) is 48.0 Å². The quantitative estimate of drug-likeness (QED) is 0.245. The number of thiazole rings is 1. The van der Waals surface area contributed by atoms with Crippen LogP contribution in [0.5, 0.6) is 11.6 Å². The molecule has 4 aromatic rings. The molecule has 1 aromatic carbocycles. The van der Waals surface area contributed by atoms with Crippen molar-refractivity contribution < 1.29 is 28.2 Å². The third kappa shape index (κ3) is 7.08. The van der Waals surface area contributed by atoms with Gasteiger partial charge >= 0.3 is 6.61 Å². The number of carbonyl (C=O) groups is 1. The molecule has 3 aromatic heterocycles. The van der Waals surface area contributed by atoms with Gasteiger partial charge in [0.15, 0.2) is 0 Å². The summed E-state index contributed by atoms with van der Waals surface area (Å²) in [6.07, 6.45) is 2.53. The highest BCUT2D eigenvalue weighted by Gasteiger charge is 2.23. The molecule has 208 valence electrons. The number of nitrogens with two attached hydrogens (primary N) is 1. The summed E-state index contributed by atoms with van der Waals surface area (Å²) in [6.45, 7) is 5.03. The number of fused-ring (bicyclic) bond motifs is 1. The monoisotopic (exact) mass is 559 g/mol. The van der Waals surface area contributed by atoms with Crippen molar-refractivity contribution in [1.29, 1.82) is 0 Å². The lowest BCUT2D eigenvalue weighted by Crippen LogP contribution is -2.35. The largest absolute Gasteiger partial charge is 0.469 e. The molecule has 4 N–H and O–H groups in total. The van der Waals surface area contributed by atoms with Crippen molar-refractivity contribution in [3.8, 4) is 22.3 Å². The van der Waals surface area contributed by atoms with E-state index in [1.807, 2.05) is 26.8 Å². The zero-order valence-corrected chi connectivity index (χ0v) is 22.9. The Morgan fingerprint density at radius 1 is 1.21 bits per heavy atom. The van der Waals surface area contributed by atoms with Crippen LogP contribution in [0.25, 0.3) is 16.3 Å². The van der Waals surface area contributed by atoms with Gasteiger partial charge in [0, 0.05) is 23.8 Å². The Hall–Kier alpha value is -3.61. The van der Waals surface area contributed by atoms with Gasteiger partial charge in [-0.2, -0.15) is 13.8 Å². The summed E-state index contributed by atoms with van der Waals surface area (Å²) in [7, 11) is 0. The maximum absolute atomic E-state index is 13.3. The molecule has 3 heterocycles. The lowest BCUT2D eigenvalue weighted by atomic mass is 10.0. The highest BCUT2D eigenvalue weighted by atomic mass is 32.1. The number of nitrogens with zero attached hydrogens (tertiary/aromatic N) is 3. The average Bonchev–Trinajstić information content (AvgIpc) is 3.44. The van der Waals surface area contributed by atoms with Crippen LogP contribution in [0.15, 0.2) is 42.7 Å². The summed E-state index contributed by atoms with van der Waals surface area (Å²) in [5, 5.41) is 13.4. The van der Waals surface area contributed by atoms with Crippen LogP contribution in [0.3, 0.4) is 0 Å². The standard InChI is InChI=1S/C27H31F2N5O4S/c1-15(18-7-5-16(11-32-27(2,3)4)9-20(18)38-26(28)29)37-24-21(10-22(30)36)39-25(33-24)19-12-31-23-8-6-17(14-35)13-34(19)23/h5-9,12-13,15,26,32,35H,10-11,14H2,1-4H3,(H2,30,36)/t15-/m1/s1. The molecule has 0 aliphatic rings. The van der Waals surface area contributed by atoms with Gasteiger partial charge < -0.3 is 25.6 Å². The molecule has 1 amide bonds. The second-order valence-electron chi connectivity index (χ2n) is 10.1. The molecule has 9 nitrogen and oxygen atoms in total. The van der Waals surface area contributed by atoms with Gasteiger partial charge in [-0.1, -0.05) is 18.2 Å². The van der Waals surface area contributed by atoms with E-state index in [-0.39, 0.29) is 30.2 Å². The number of pyridine rings is 1. The highest BCUT2D eigenvalue weighted by Crippen LogP contribution is 2.37. The molecule has 39 heavy (non-hydrogen) atoms. The smallest absolute Gasteiger partial charge is 0.387 e. The Bertz CT molecular complexity index is 1460. The van der Waals surface area contributed by atoms with E-state index in [0.717, 1.165) is 5.56 Å². The Kier molecular flexibility index (Phi) is 8.48. The molecule has 0 saturated heterocycles. The van der Waals surface area contributed by atoms with Gasteiger partial charge in [0.2, 0.25) is 11.8 Å². The molecule has 0 bridgehead atoms. The van der Waals surface area contributed by atoms with Crippen molar-refractivity contribution in [1.82, 2.24) is 19.7 Å². The molecule has 0 aliphatic heterocycles. The summed E-state index contributed by atoms with van der Waals surface area (Å²) in [5.41, 5.74) is 8.47. The van der Waals surface area contributed by atoms with E-state index in [1.165, 1.54) is 11.3 Å². The second kappa shape index (κ2) is 11.6. The number of amides is 1. The van der Waals surface area contributed by atoms with Crippen molar-refractivity contribution in [2.45, 2.75) is 65.5 Å². The molecule has 0 saturated carbocycles. The normalized spacial score (nSPS) is 12.7. The van der Waals surface area contributed by atoms with Gasteiger partial charge in [-0.05, 0) is 51.0 Å². The number of alkyl halides is 2. The van der Waals surface area contributed by atoms with Crippen molar-refractivity contribution in [3.05, 3.63) is 64.3 Å². The van der Waals surface area contributed by atoms with Crippen LogP contribution in [0.2, 0.25) is 0 Å². The van der Waals surface area contributed by atoms with Crippen LogP contribution in [-0.2, 0) is 24.4 Å². The lowest BCUT2D eigenvalue weighted by molar-refractivity contribution is -0.117. The number of rotatable bonds is 11. The fourth-order valence-corrected chi connectivity index (χ4v) is 4.92. The van der Waals surface area contributed by atoms with E-state index in [2.05, 4.69) is 15.3 Å². The lowest BCUT2D eigenvalue weighted by Gasteiger charge is -2.22. The molecule has 1 atom stereocenters. The van der Waals surface area contributed by atoms with Gasteiger partial charge in [0.05, 0.1) is 24.1 Å². The van der Waals surface area contributed by atoms with Gasteiger partial charge in [-0.3, -0.25) is 9.20 Å². The molecule has 0 fully saturated rings. The number of benzene rings is 1. The van der Waals surface area contributed by atoms with Crippen LogP contribution in [0.1, 0.15) is 55.4 Å². The first-order chi connectivity index (χ1) is 18.4. The first-order valence-electron chi connectivity index (χ1n) is 12.3. The molecule has 4 rings (SSSR count). The minimum atomic E-state index is -3.02. The fraction of sp³-hybridized carbons (Fsp3) is 0.370. The molecule has 0 unspecified atom stereocenters. The van der Waals surface area contributed by atoms with E-state index >= 15 is 0 Å². The van der Waals surface area contributed by atoms with Crippen molar-refractivity contribution >= 4 is 22.9 Å². The number of aromatic nitrogens is 3. The number of carbonyl (C=O) groups excluding carboxylic acids is 1. The number of primary amides is 1. The third-order valence-corrected chi connectivity index (χ3v) is 6.87. The predicted octanol–water partition coefficient (Wildman–Crippen LogP) is 4.61. The number of aliphatic hydroxyl groups is 1. The fourth-order valence-electron chi connectivity index (χ4n) is 3.91. The number of ether oxygens (including phenoxy) is 2. The Balaban J connectivity index is 1.66. The van der Waals surface area contributed by atoms with Crippen LogP contribution in [0.4, 0.5) is 8.78 Å². The first-order valence-corrected chi connectivity index (χ1v) is 13.1. The minimum absolute atomic E-state index is 0.00377. The van der Waals surface area contributed by atoms with Gasteiger partial charge in [0.1, 0.15) is 28.2 Å². The van der Waals surface area contributed by atoms with Crippen molar-refractivity contribution in [3.63, 3.8) is 0 Å². The Morgan fingerprint density at radius 3 is 2.62 bits per heavy atom. The summed E-state index contributed by atoms with van der Waals surface area (Å²) in [6, 6.07) is 8.61. The molecule has 0 radical (unpaired) electrons. The zero-order chi connectivity index (χ0) is 28.3. The molecule has 12 heteroatoms. The summed E-state index contributed by atoms with van der Waals surface area (Å²) >= 11 is 1.22. The molecule has 0 aliphatic carbocycles. The van der Waals surface area contributed by atoms with Crippen LogP contribution in [0, 0.1) is 0 Å². The SMILES string of the molecule is C[C@@H](Oc1nc(-c2cnc3ccc(CO)cn23)sc1CC(N)=O)c1ccc(CNC(C)(C)C)cc1OC(F)F. The zero-order valence-electron chi connectivity index (χ0n) is 22.1. The first kappa shape index (κ1) is 28.4.